The van der Waals surface area contributed by atoms with E-state index in [9.17, 15) is 0 Å². The molecule has 2 aromatic heterocycles. The average Bonchev–Trinajstić information content (AvgIpc) is 3.85. The average molecular weight is 681 g/mol. The Balaban J connectivity index is 1.11. The zero-order valence-electron chi connectivity index (χ0n) is 29.6. The van der Waals surface area contributed by atoms with Crippen molar-refractivity contribution in [1.29, 1.82) is 0 Å². The van der Waals surface area contributed by atoms with E-state index in [1.807, 2.05) is 0 Å². The first-order valence-electron chi connectivity index (χ1n) is 18.6. The Morgan fingerprint density at radius 1 is 0.604 bits per heavy atom. The minimum absolute atomic E-state index is 0.0646. The topological polar surface area (TPSA) is 27.1 Å². The SMILES string of the molecule is CC1c2c(c3ccccc3n2-c2cc(-c3ccccc3)cc(-c3ccccc3)n2)C=C2c3cc4c(cc3OC21)C(C)(c1ccccc1)c1ccccc1-4. The fourth-order valence-electron chi connectivity index (χ4n) is 9.42. The highest BCUT2D eigenvalue weighted by Gasteiger charge is 2.45. The van der Waals surface area contributed by atoms with Crippen LogP contribution in [-0.2, 0) is 5.41 Å². The monoisotopic (exact) mass is 680 g/mol. The van der Waals surface area contributed by atoms with Crippen LogP contribution in [0.1, 0.15) is 53.3 Å². The zero-order valence-corrected chi connectivity index (χ0v) is 29.6. The van der Waals surface area contributed by atoms with E-state index in [4.69, 9.17) is 9.72 Å². The lowest BCUT2D eigenvalue weighted by atomic mass is 9.74. The van der Waals surface area contributed by atoms with Gasteiger partial charge in [0.25, 0.3) is 0 Å². The smallest absolute Gasteiger partial charge is 0.138 e. The van der Waals surface area contributed by atoms with Crippen LogP contribution in [0, 0.1) is 0 Å². The third kappa shape index (κ3) is 4.31. The minimum Gasteiger partial charge on any atom is -0.484 e. The normalized spacial score (nSPS) is 19.1. The van der Waals surface area contributed by atoms with E-state index in [-0.39, 0.29) is 17.4 Å². The number of pyridine rings is 1. The van der Waals surface area contributed by atoms with E-state index in [1.54, 1.807) is 0 Å². The van der Waals surface area contributed by atoms with Crippen LogP contribution in [0.3, 0.4) is 0 Å². The quantitative estimate of drug-likeness (QED) is 0.185. The predicted molar refractivity (Wildman–Crippen MR) is 217 cm³/mol. The van der Waals surface area contributed by atoms with Gasteiger partial charge in [-0.1, -0.05) is 140 Å². The lowest BCUT2D eigenvalue weighted by molar-refractivity contribution is 0.244. The zero-order chi connectivity index (χ0) is 35.3. The highest BCUT2D eigenvalue weighted by Crippen LogP contribution is 2.58. The predicted octanol–water partition coefficient (Wildman–Crippen LogP) is 12.1. The highest BCUT2D eigenvalue weighted by molar-refractivity contribution is 6.03. The molecular weight excluding hydrogens is 645 g/mol. The summed E-state index contributed by atoms with van der Waals surface area (Å²) in [6.45, 7) is 4.70. The molecule has 3 nitrogen and oxygen atoms in total. The maximum atomic E-state index is 7.10. The van der Waals surface area contributed by atoms with Crippen molar-refractivity contribution >= 4 is 22.6 Å². The van der Waals surface area contributed by atoms with Crippen LogP contribution in [0.4, 0.5) is 0 Å². The number of ether oxygens (including phenoxy) is 1. The summed E-state index contributed by atoms with van der Waals surface area (Å²) in [4.78, 5) is 5.40. The van der Waals surface area contributed by atoms with Crippen molar-refractivity contribution in [3.8, 4) is 45.1 Å². The van der Waals surface area contributed by atoms with E-state index in [0.29, 0.717) is 0 Å². The first kappa shape index (κ1) is 30.2. The number of nitrogens with zero attached hydrogens (tertiary/aromatic N) is 2. The van der Waals surface area contributed by atoms with Crippen LogP contribution in [0.25, 0.3) is 61.9 Å². The van der Waals surface area contributed by atoms with Gasteiger partial charge in [-0.2, -0.15) is 0 Å². The second-order valence-corrected chi connectivity index (χ2v) is 14.8. The van der Waals surface area contributed by atoms with Gasteiger partial charge in [0.15, 0.2) is 0 Å². The number of fused-ring (bicyclic) bond motifs is 9. The molecule has 0 spiro atoms. The molecule has 6 aromatic carbocycles. The molecule has 0 fully saturated rings. The van der Waals surface area contributed by atoms with Crippen molar-refractivity contribution in [3.05, 3.63) is 197 Å². The Hall–Kier alpha value is -6.45. The van der Waals surface area contributed by atoms with Crippen LogP contribution < -0.4 is 4.74 Å². The molecular formula is C50H36N2O. The molecule has 2 aliphatic carbocycles. The fraction of sp³-hybridized carbons (Fsp3) is 0.100. The Bertz CT molecular complexity index is 2720. The van der Waals surface area contributed by atoms with Gasteiger partial charge in [-0.3, -0.25) is 4.57 Å². The molecule has 1 aliphatic heterocycles. The Morgan fingerprint density at radius 3 is 2.08 bits per heavy atom. The third-order valence-corrected chi connectivity index (χ3v) is 12.0. The Morgan fingerprint density at radius 2 is 1.28 bits per heavy atom. The summed E-state index contributed by atoms with van der Waals surface area (Å²) >= 11 is 0. The van der Waals surface area contributed by atoms with E-state index in [1.165, 1.54) is 61.2 Å². The highest BCUT2D eigenvalue weighted by atomic mass is 16.5. The number of para-hydroxylation sites is 1. The Kier molecular flexibility index (Phi) is 6.42. The summed E-state index contributed by atoms with van der Waals surface area (Å²) in [6.07, 6.45) is 2.29. The van der Waals surface area contributed by atoms with E-state index in [2.05, 4.69) is 188 Å². The van der Waals surface area contributed by atoms with Gasteiger partial charge >= 0.3 is 0 Å². The van der Waals surface area contributed by atoms with E-state index < -0.39 is 0 Å². The number of rotatable bonds is 4. The van der Waals surface area contributed by atoms with Crippen molar-refractivity contribution in [2.75, 3.05) is 0 Å². The number of aromatic nitrogens is 2. The van der Waals surface area contributed by atoms with Gasteiger partial charge in [0.2, 0.25) is 0 Å². The van der Waals surface area contributed by atoms with Gasteiger partial charge in [0.1, 0.15) is 17.7 Å². The number of hydrogen-bond donors (Lipinski definition) is 0. The van der Waals surface area contributed by atoms with Crippen LogP contribution >= 0.6 is 0 Å². The molecule has 53 heavy (non-hydrogen) atoms. The van der Waals surface area contributed by atoms with Crippen LogP contribution in [-0.4, -0.2) is 15.7 Å². The van der Waals surface area contributed by atoms with Gasteiger partial charge in [-0.25, -0.2) is 4.98 Å². The summed E-state index contributed by atoms with van der Waals surface area (Å²) in [6, 6.07) is 59.0. The standard InChI is InChI=1S/C50H36N2O/c1-31-48-40(29-41-39-28-38-36-22-12-14-24-42(36)50(2,35-20-10-5-11-21-35)43(38)30-46(39)53-49(31)41)37-23-13-15-25-45(37)52(48)47-27-34(32-16-6-3-7-17-32)26-44(51-47)33-18-8-4-9-19-33/h3-31,49H,1-2H3. The van der Waals surface area contributed by atoms with Crippen molar-refractivity contribution in [2.45, 2.75) is 31.3 Å². The van der Waals surface area contributed by atoms with Crippen LogP contribution in [0.5, 0.6) is 5.75 Å². The summed E-state index contributed by atoms with van der Waals surface area (Å²) < 4.78 is 9.50. The summed E-state index contributed by atoms with van der Waals surface area (Å²) in [7, 11) is 0. The third-order valence-electron chi connectivity index (χ3n) is 12.0. The Labute approximate surface area is 309 Å². The first-order valence-corrected chi connectivity index (χ1v) is 18.6. The van der Waals surface area contributed by atoms with Gasteiger partial charge in [0, 0.05) is 44.7 Å². The van der Waals surface area contributed by atoms with Gasteiger partial charge in [-0.15, -0.1) is 0 Å². The summed E-state index contributed by atoms with van der Waals surface area (Å²) in [5.41, 5.74) is 16.7. The molecule has 3 atom stereocenters. The molecule has 0 radical (unpaired) electrons. The molecule has 252 valence electrons. The number of hydrogen-bond acceptors (Lipinski definition) is 2. The maximum Gasteiger partial charge on any atom is 0.138 e. The maximum absolute atomic E-state index is 7.10. The molecule has 8 aromatic rings. The van der Waals surface area contributed by atoms with Crippen molar-refractivity contribution in [2.24, 2.45) is 0 Å². The fourth-order valence-corrected chi connectivity index (χ4v) is 9.42. The van der Waals surface area contributed by atoms with E-state index >= 15 is 0 Å². The second-order valence-electron chi connectivity index (χ2n) is 14.8. The largest absolute Gasteiger partial charge is 0.484 e. The van der Waals surface area contributed by atoms with Gasteiger partial charge in [0.05, 0.1) is 11.2 Å². The van der Waals surface area contributed by atoms with E-state index in [0.717, 1.165) is 33.9 Å². The molecule has 0 saturated carbocycles. The molecule has 0 N–H and O–H groups in total. The molecule has 3 heterocycles. The lowest BCUT2D eigenvalue weighted by Crippen LogP contribution is -2.25. The summed E-state index contributed by atoms with van der Waals surface area (Å²) in [5, 5.41) is 1.23. The minimum atomic E-state index is -0.277. The van der Waals surface area contributed by atoms with Crippen molar-refractivity contribution in [3.63, 3.8) is 0 Å². The van der Waals surface area contributed by atoms with Crippen LogP contribution in [0.2, 0.25) is 0 Å². The molecule has 0 bridgehead atoms. The summed E-state index contributed by atoms with van der Waals surface area (Å²) in [5.74, 6) is 1.95. The van der Waals surface area contributed by atoms with Crippen molar-refractivity contribution in [1.82, 2.24) is 9.55 Å². The lowest BCUT2D eigenvalue weighted by Gasteiger charge is -2.28. The second kappa shape index (κ2) is 11.3. The molecule has 3 aliphatic rings. The molecule has 3 heteroatoms. The van der Waals surface area contributed by atoms with Crippen LogP contribution in [0.15, 0.2) is 164 Å². The molecule has 3 unspecified atom stereocenters. The molecule has 11 rings (SSSR count). The van der Waals surface area contributed by atoms with Gasteiger partial charge < -0.3 is 4.74 Å². The molecule has 0 amide bonds. The number of benzene rings is 6. The van der Waals surface area contributed by atoms with Gasteiger partial charge in [-0.05, 0) is 82.3 Å². The molecule has 0 saturated heterocycles. The first-order chi connectivity index (χ1) is 26.1. The van der Waals surface area contributed by atoms with Crippen molar-refractivity contribution < 1.29 is 4.74 Å².